The summed E-state index contributed by atoms with van der Waals surface area (Å²) in [4.78, 5) is 10.8. The molecular weight excluding hydrogens is 176 g/mol. The van der Waals surface area contributed by atoms with Crippen LogP contribution in [0.1, 0.15) is 12.5 Å². The van der Waals surface area contributed by atoms with Gasteiger partial charge in [-0.05, 0) is 18.9 Å². The summed E-state index contributed by atoms with van der Waals surface area (Å²) < 4.78 is 0. The van der Waals surface area contributed by atoms with Gasteiger partial charge in [0.15, 0.2) is 0 Å². The number of carbonyl (C=O) groups is 1. The molecule has 1 unspecified atom stereocenters. The second kappa shape index (κ2) is 5.22. The Balaban J connectivity index is 2.70. The molecule has 14 heavy (non-hydrogen) atoms. The van der Waals surface area contributed by atoms with Crippen LogP contribution in [0.25, 0.3) is 0 Å². The van der Waals surface area contributed by atoms with Crippen molar-refractivity contribution in [3.05, 3.63) is 48.0 Å². The molecular formula is C12H14O2. The summed E-state index contributed by atoms with van der Waals surface area (Å²) in [5.74, 6) is -1.19. The highest BCUT2D eigenvalue weighted by molar-refractivity contribution is 5.72. The van der Waals surface area contributed by atoms with Gasteiger partial charge in [-0.15, -0.1) is 0 Å². The minimum Gasteiger partial charge on any atom is -0.481 e. The number of aliphatic carboxylic acids is 1. The van der Waals surface area contributed by atoms with Crippen LogP contribution in [0.2, 0.25) is 0 Å². The third-order valence-electron chi connectivity index (χ3n) is 2.04. The van der Waals surface area contributed by atoms with Crippen LogP contribution in [0.3, 0.4) is 0 Å². The Kier molecular flexibility index (Phi) is 3.92. The van der Waals surface area contributed by atoms with Gasteiger partial charge in [0.2, 0.25) is 0 Å². The lowest BCUT2D eigenvalue weighted by atomic mass is 9.99. The molecule has 0 saturated carbocycles. The van der Waals surface area contributed by atoms with Gasteiger partial charge in [-0.3, -0.25) is 4.79 Å². The number of hydrogen-bond acceptors (Lipinski definition) is 1. The molecule has 1 aromatic carbocycles. The highest BCUT2D eigenvalue weighted by atomic mass is 16.4. The van der Waals surface area contributed by atoms with Gasteiger partial charge in [-0.2, -0.15) is 0 Å². The maximum atomic E-state index is 10.8. The summed E-state index contributed by atoms with van der Waals surface area (Å²) >= 11 is 0. The molecule has 0 amide bonds. The Labute approximate surface area is 83.9 Å². The number of benzene rings is 1. The van der Waals surface area contributed by atoms with Crippen molar-refractivity contribution < 1.29 is 9.90 Å². The lowest BCUT2D eigenvalue weighted by Gasteiger charge is -2.06. The van der Waals surface area contributed by atoms with E-state index < -0.39 is 11.9 Å². The normalized spacial score (nSPS) is 12.9. The smallest absolute Gasteiger partial charge is 0.310 e. The van der Waals surface area contributed by atoms with Gasteiger partial charge in [-0.25, -0.2) is 0 Å². The van der Waals surface area contributed by atoms with Crippen LogP contribution in [0.15, 0.2) is 42.5 Å². The van der Waals surface area contributed by atoms with Gasteiger partial charge in [0, 0.05) is 0 Å². The molecule has 0 saturated heterocycles. The van der Waals surface area contributed by atoms with Crippen molar-refractivity contribution in [2.75, 3.05) is 0 Å². The average molecular weight is 190 g/mol. The van der Waals surface area contributed by atoms with Crippen molar-refractivity contribution in [3.63, 3.8) is 0 Å². The van der Waals surface area contributed by atoms with Crippen LogP contribution < -0.4 is 0 Å². The second-order valence-corrected chi connectivity index (χ2v) is 3.16. The summed E-state index contributed by atoms with van der Waals surface area (Å²) in [6, 6.07) is 9.65. The van der Waals surface area contributed by atoms with Gasteiger partial charge in [0.05, 0.1) is 5.92 Å². The van der Waals surface area contributed by atoms with Gasteiger partial charge < -0.3 is 5.11 Å². The van der Waals surface area contributed by atoms with Crippen molar-refractivity contribution in [3.8, 4) is 0 Å². The molecule has 1 rings (SSSR count). The molecule has 2 heteroatoms. The standard InChI is InChI=1S/C12H14O2/c1-2-6-11(12(13)14)9-10-7-4-3-5-8-10/h2-8,11H,9H2,1H3,(H,13,14)/b6-2-. The molecule has 0 aliphatic rings. The number of rotatable bonds is 4. The van der Waals surface area contributed by atoms with Crippen molar-refractivity contribution >= 4 is 5.97 Å². The average Bonchev–Trinajstić information content (AvgIpc) is 2.18. The molecule has 1 N–H and O–H groups in total. The minimum atomic E-state index is -0.771. The molecule has 74 valence electrons. The van der Waals surface area contributed by atoms with Gasteiger partial charge in [0.1, 0.15) is 0 Å². The monoisotopic (exact) mass is 190 g/mol. The van der Waals surface area contributed by atoms with Crippen LogP contribution in [0.5, 0.6) is 0 Å². The van der Waals surface area contributed by atoms with Crippen LogP contribution in [0.4, 0.5) is 0 Å². The van der Waals surface area contributed by atoms with Gasteiger partial charge in [0.25, 0.3) is 0 Å². The Morgan fingerprint density at radius 3 is 2.57 bits per heavy atom. The summed E-state index contributed by atoms with van der Waals surface area (Å²) in [5, 5.41) is 8.91. The highest BCUT2D eigenvalue weighted by Crippen LogP contribution is 2.10. The molecule has 0 aromatic heterocycles. The molecule has 2 nitrogen and oxygen atoms in total. The van der Waals surface area contributed by atoms with Crippen LogP contribution in [0, 0.1) is 5.92 Å². The van der Waals surface area contributed by atoms with Gasteiger partial charge in [-0.1, -0.05) is 42.5 Å². The van der Waals surface area contributed by atoms with Crippen LogP contribution in [-0.4, -0.2) is 11.1 Å². The Bertz CT molecular complexity index is 314. The first kappa shape index (κ1) is 10.5. The fourth-order valence-electron chi connectivity index (χ4n) is 1.34. The fourth-order valence-corrected chi connectivity index (χ4v) is 1.34. The van der Waals surface area contributed by atoms with E-state index in [1.54, 1.807) is 12.2 Å². The second-order valence-electron chi connectivity index (χ2n) is 3.16. The van der Waals surface area contributed by atoms with Gasteiger partial charge >= 0.3 is 5.97 Å². The van der Waals surface area contributed by atoms with E-state index in [-0.39, 0.29) is 0 Å². The zero-order valence-corrected chi connectivity index (χ0v) is 8.18. The van der Waals surface area contributed by atoms with Crippen molar-refractivity contribution in [1.82, 2.24) is 0 Å². The maximum absolute atomic E-state index is 10.8. The first-order chi connectivity index (χ1) is 6.74. The van der Waals surface area contributed by atoms with Crippen LogP contribution >= 0.6 is 0 Å². The Hall–Kier alpha value is -1.57. The summed E-state index contributed by atoms with van der Waals surface area (Å²) in [5.41, 5.74) is 1.05. The number of allylic oxidation sites excluding steroid dienone is 1. The lowest BCUT2D eigenvalue weighted by molar-refractivity contribution is -0.140. The Morgan fingerprint density at radius 2 is 2.07 bits per heavy atom. The Morgan fingerprint density at radius 1 is 1.43 bits per heavy atom. The summed E-state index contributed by atoms with van der Waals surface area (Å²) in [6.45, 7) is 1.83. The first-order valence-corrected chi connectivity index (χ1v) is 4.63. The summed E-state index contributed by atoms with van der Waals surface area (Å²) in [6.07, 6.45) is 4.05. The first-order valence-electron chi connectivity index (χ1n) is 4.63. The molecule has 0 radical (unpaired) electrons. The lowest BCUT2D eigenvalue weighted by Crippen LogP contribution is -2.13. The third kappa shape index (κ3) is 3.05. The van der Waals surface area contributed by atoms with E-state index in [1.807, 2.05) is 37.3 Å². The van der Waals surface area contributed by atoms with E-state index >= 15 is 0 Å². The van der Waals surface area contributed by atoms with Crippen LogP contribution in [-0.2, 0) is 11.2 Å². The van der Waals surface area contributed by atoms with E-state index in [0.717, 1.165) is 5.56 Å². The third-order valence-corrected chi connectivity index (χ3v) is 2.04. The largest absolute Gasteiger partial charge is 0.481 e. The predicted molar refractivity (Wildman–Crippen MR) is 56.1 cm³/mol. The van der Waals surface area contributed by atoms with E-state index in [9.17, 15) is 4.79 Å². The molecule has 0 fully saturated rings. The molecule has 0 bridgehead atoms. The molecule has 0 aliphatic carbocycles. The van der Waals surface area contributed by atoms with E-state index in [4.69, 9.17) is 5.11 Å². The molecule has 0 spiro atoms. The predicted octanol–water partition coefficient (Wildman–Crippen LogP) is 2.51. The van der Waals surface area contributed by atoms with Crippen molar-refractivity contribution in [1.29, 1.82) is 0 Å². The molecule has 0 aliphatic heterocycles. The topological polar surface area (TPSA) is 37.3 Å². The quantitative estimate of drug-likeness (QED) is 0.741. The van der Waals surface area contributed by atoms with E-state index in [1.165, 1.54) is 0 Å². The highest BCUT2D eigenvalue weighted by Gasteiger charge is 2.13. The molecule has 0 heterocycles. The van der Waals surface area contributed by atoms with E-state index in [2.05, 4.69) is 0 Å². The minimum absolute atomic E-state index is 0.414. The number of carboxylic acids is 1. The zero-order chi connectivity index (χ0) is 10.4. The van der Waals surface area contributed by atoms with Crippen molar-refractivity contribution in [2.45, 2.75) is 13.3 Å². The maximum Gasteiger partial charge on any atom is 0.310 e. The number of hydrogen-bond donors (Lipinski definition) is 1. The molecule has 1 aromatic rings. The zero-order valence-electron chi connectivity index (χ0n) is 8.18. The number of carboxylic acid groups (broad SMARTS) is 1. The summed E-state index contributed by atoms with van der Waals surface area (Å²) in [7, 11) is 0. The fraction of sp³-hybridized carbons (Fsp3) is 0.250. The van der Waals surface area contributed by atoms with E-state index in [0.29, 0.717) is 6.42 Å². The SMILES string of the molecule is C/C=C\C(Cc1ccccc1)C(=O)O. The van der Waals surface area contributed by atoms with Crippen molar-refractivity contribution in [2.24, 2.45) is 5.92 Å². The molecule has 1 atom stereocenters.